The molecular formula is C12H15ClN2O4. The van der Waals surface area contributed by atoms with E-state index in [0.717, 1.165) is 0 Å². The van der Waals surface area contributed by atoms with Gasteiger partial charge >= 0.3 is 12.2 Å². The standard InChI is InChI=1S/C12H15ClN2O4/c1-14(2)11(16)18-9-6-5-8(13)7-10(9)19-12(17)15(3)4/h5-7H,1-4H3. The smallest absolute Gasteiger partial charge is 0.406 e. The van der Waals surface area contributed by atoms with Crippen LogP contribution >= 0.6 is 11.6 Å². The molecule has 104 valence electrons. The van der Waals surface area contributed by atoms with Gasteiger partial charge in [-0.1, -0.05) is 11.6 Å². The number of amides is 2. The van der Waals surface area contributed by atoms with E-state index >= 15 is 0 Å². The van der Waals surface area contributed by atoms with E-state index in [9.17, 15) is 9.59 Å². The summed E-state index contributed by atoms with van der Waals surface area (Å²) in [4.78, 5) is 25.5. The van der Waals surface area contributed by atoms with Crippen LogP contribution in [0.15, 0.2) is 18.2 Å². The minimum atomic E-state index is -0.593. The lowest BCUT2D eigenvalue weighted by molar-refractivity contribution is 0.161. The van der Waals surface area contributed by atoms with Gasteiger partial charge in [-0.15, -0.1) is 0 Å². The first-order chi connectivity index (χ1) is 8.81. The topological polar surface area (TPSA) is 59.1 Å². The molecule has 6 nitrogen and oxygen atoms in total. The molecule has 19 heavy (non-hydrogen) atoms. The van der Waals surface area contributed by atoms with E-state index in [-0.39, 0.29) is 11.5 Å². The second-order valence-corrected chi connectivity index (χ2v) is 4.55. The van der Waals surface area contributed by atoms with Crippen molar-refractivity contribution in [2.75, 3.05) is 28.2 Å². The Balaban J connectivity index is 2.98. The zero-order chi connectivity index (χ0) is 14.6. The summed E-state index contributed by atoms with van der Waals surface area (Å²) in [6.07, 6.45) is -1.17. The van der Waals surface area contributed by atoms with E-state index < -0.39 is 12.2 Å². The second kappa shape index (κ2) is 6.29. The number of hydrogen-bond acceptors (Lipinski definition) is 4. The van der Waals surface area contributed by atoms with Crippen molar-refractivity contribution in [3.05, 3.63) is 23.2 Å². The Morgan fingerprint density at radius 1 is 0.947 bits per heavy atom. The molecular weight excluding hydrogens is 272 g/mol. The lowest BCUT2D eigenvalue weighted by atomic mass is 10.3. The summed E-state index contributed by atoms with van der Waals surface area (Å²) >= 11 is 5.82. The fourth-order valence-electron chi connectivity index (χ4n) is 1.02. The van der Waals surface area contributed by atoms with Crippen molar-refractivity contribution >= 4 is 23.8 Å². The molecule has 1 rings (SSSR count). The van der Waals surface area contributed by atoms with Crippen LogP contribution in [0.4, 0.5) is 9.59 Å². The lowest BCUT2D eigenvalue weighted by Gasteiger charge is -2.15. The molecule has 0 aliphatic rings. The van der Waals surface area contributed by atoms with E-state index in [1.54, 1.807) is 28.2 Å². The van der Waals surface area contributed by atoms with E-state index in [1.807, 2.05) is 0 Å². The lowest BCUT2D eigenvalue weighted by Crippen LogP contribution is -2.27. The number of benzene rings is 1. The molecule has 2 amide bonds. The van der Waals surface area contributed by atoms with Crippen molar-refractivity contribution < 1.29 is 19.1 Å². The number of ether oxygens (including phenoxy) is 2. The van der Waals surface area contributed by atoms with Crippen molar-refractivity contribution in [3.8, 4) is 11.5 Å². The highest BCUT2D eigenvalue weighted by Gasteiger charge is 2.16. The first-order valence-corrected chi connectivity index (χ1v) is 5.77. The van der Waals surface area contributed by atoms with Crippen molar-refractivity contribution in [1.29, 1.82) is 0 Å². The third kappa shape index (κ3) is 4.33. The zero-order valence-electron chi connectivity index (χ0n) is 11.1. The monoisotopic (exact) mass is 286 g/mol. The Bertz CT molecular complexity index is 489. The van der Waals surface area contributed by atoms with Crippen LogP contribution in [0, 0.1) is 0 Å². The van der Waals surface area contributed by atoms with Gasteiger partial charge in [-0.25, -0.2) is 9.59 Å². The van der Waals surface area contributed by atoms with Crippen LogP contribution in [-0.4, -0.2) is 50.2 Å². The third-order valence-electron chi connectivity index (χ3n) is 2.03. The number of carbonyl (C=O) groups excluding carboxylic acids is 2. The molecule has 0 atom stereocenters. The highest BCUT2D eigenvalue weighted by molar-refractivity contribution is 6.30. The van der Waals surface area contributed by atoms with Crippen molar-refractivity contribution in [3.63, 3.8) is 0 Å². The molecule has 7 heteroatoms. The van der Waals surface area contributed by atoms with Gasteiger partial charge in [0.1, 0.15) is 0 Å². The molecule has 0 saturated heterocycles. The molecule has 0 unspecified atom stereocenters. The summed E-state index contributed by atoms with van der Waals surface area (Å²) in [5, 5.41) is 0.367. The molecule has 0 radical (unpaired) electrons. The summed E-state index contributed by atoms with van der Waals surface area (Å²) in [6, 6.07) is 4.40. The predicted octanol–water partition coefficient (Wildman–Crippen LogP) is 2.46. The quantitative estimate of drug-likeness (QED) is 0.838. The zero-order valence-corrected chi connectivity index (χ0v) is 11.9. The highest BCUT2D eigenvalue weighted by Crippen LogP contribution is 2.31. The van der Waals surface area contributed by atoms with Gasteiger partial charge in [0.15, 0.2) is 11.5 Å². The summed E-state index contributed by atoms with van der Waals surface area (Å²) in [6.45, 7) is 0. The second-order valence-electron chi connectivity index (χ2n) is 4.12. The maximum absolute atomic E-state index is 11.5. The molecule has 0 N–H and O–H groups in total. The average Bonchev–Trinajstić information content (AvgIpc) is 2.32. The van der Waals surface area contributed by atoms with Crippen LogP contribution < -0.4 is 9.47 Å². The summed E-state index contributed by atoms with van der Waals surface area (Å²) in [5.74, 6) is 0.208. The molecule has 0 saturated carbocycles. The molecule has 1 aromatic rings. The van der Waals surface area contributed by atoms with Crippen LogP contribution in [0.5, 0.6) is 11.5 Å². The average molecular weight is 287 g/mol. The van der Waals surface area contributed by atoms with Crippen LogP contribution in [0.1, 0.15) is 0 Å². The summed E-state index contributed by atoms with van der Waals surface area (Å²) in [5.41, 5.74) is 0. The number of hydrogen-bond donors (Lipinski definition) is 0. The van der Waals surface area contributed by atoms with Crippen LogP contribution in [0.25, 0.3) is 0 Å². The van der Waals surface area contributed by atoms with E-state index in [2.05, 4.69) is 0 Å². The molecule has 1 aromatic carbocycles. The third-order valence-corrected chi connectivity index (χ3v) is 2.27. The molecule has 0 aliphatic carbocycles. The molecule has 0 fully saturated rings. The number of halogens is 1. The van der Waals surface area contributed by atoms with Gasteiger partial charge in [-0.2, -0.15) is 0 Å². The fraction of sp³-hybridized carbons (Fsp3) is 0.333. The summed E-state index contributed by atoms with van der Waals surface area (Å²) < 4.78 is 10.2. The van der Waals surface area contributed by atoms with Gasteiger partial charge < -0.3 is 19.3 Å². The normalized spacial score (nSPS) is 9.74. The highest BCUT2D eigenvalue weighted by atomic mass is 35.5. The largest absolute Gasteiger partial charge is 0.414 e. The Morgan fingerprint density at radius 3 is 1.89 bits per heavy atom. The van der Waals surface area contributed by atoms with Gasteiger partial charge in [0.2, 0.25) is 0 Å². The SMILES string of the molecule is CN(C)C(=O)Oc1ccc(Cl)cc1OC(=O)N(C)C. The van der Waals surface area contributed by atoms with Crippen LogP contribution in [0.3, 0.4) is 0 Å². The predicted molar refractivity (Wildman–Crippen MR) is 70.9 cm³/mol. The minimum Gasteiger partial charge on any atom is -0.406 e. The van der Waals surface area contributed by atoms with Crippen molar-refractivity contribution in [2.45, 2.75) is 0 Å². The first-order valence-electron chi connectivity index (χ1n) is 5.39. The van der Waals surface area contributed by atoms with Crippen LogP contribution in [-0.2, 0) is 0 Å². The molecule has 0 aliphatic heterocycles. The number of carbonyl (C=O) groups is 2. The van der Waals surface area contributed by atoms with Crippen molar-refractivity contribution in [1.82, 2.24) is 9.80 Å². The molecule has 0 aromatic heterocycles. The van der Waals surface area contributed by atoms with Crippen molar-refractivity contribution in [2.24, 2.45) is 0 Å². The van der Waals surface area contributed by atoms with Gasteiger partial charge in [-0.05, 0) is 12.1 Å². The molecule has 0 heterocycles. The van der Waals surface area contributed by atoms with Gasteiger partial charge in [0.25, 0.3) is 0 Å². The Kier molecular flexibility index (Phi) is 5.00. The number of nitrogens with zero attached hydrogens (tertiary/aromatic N) is 2. The van der Waals surface area contributed by atoms with Crippen LogP contribution in [0.2, 0.25) is 5.02 Å². The number of rotatable bonds is 2. The molecule has 0 bridgehead atoms. The summed E-state index contributed by atoms with van der Waals surface area (Å²) in [7, 11) is 6.17. The Hall–Kier alpha value is -1.95. The van der Waals surface area contributed by atoms with E-state index in [0.29, 0.717) is 5.02 Å². The molecule has 0 spiro atoms. The van der Waals surface area contributed by atoms with Gasteiger partial charge in [0.05, 0.1) is 0 Å². The van der Waals surface area contributed by atoms with Gasteiger partial charge in [-0.3, -0.25) is 0 Å². The Morgan fingerprint density at radius 2 is 1.42 bits per heavy atom. The fourth-order valence-corrected chi connectivity index (χ4v) is 1.18. The Labute approximate surface area is 116 Å². The maximum atomic E-state index is 11.5. The van der Waals surface area contributed by atoms with Gasteiger partial charge in [0, 0.05) is 39.3 Å². The maximum Gasteiger partial charge on any atom is 0.414 e. The first kappa shape index (κ1) is 15.1. The minimum absolute atomic E-state index is 0.0846. The van der Waals surface area contributed by atoms with E-state index in [1.165, 1.54) is 28.0 Å². The van der Waals surface area contributed by atoms with E-state index in [4.69, 9.17) is 21.1 Å².